The van der Waals surface area contributed by atoms with E-state index in [2.05, 4.69) is 20.4 Å². The van der Waals surface area contributed by atoms with Crippen molar-refractivity contribution in [2.75, 3.05) is 0 Å². The van der Waals surface area contributed by atoms with Gasteiger partial charge in [0.1, 0.15) is 11.4 Å². The van der Waals surface area contributed by atoms with Crippen LogP contribution in [-0.2, 0) is 4.79 Å². The molecule has 8 nitrogen and oxygen atoms in total. The topological polar surface area (TPSA) is 116 Å². The number of carbonyl (C=O) groups is 2. The molecule has 0 saturated carbocycles. The smallest absolute Gasteiger partial charge is 0.318 e. The average Bonchev–Trinajstić information content (AvgIpc) is 3.00. The van der Waals surface area contributed by atoms with Crippen molar-refractivity contribution in [2.24, 2.45) is 5.73 Å². The molecule has 24 heavy (non-hydrogen) atoms. The Kier molecular flexibility index (Phi) is 4.43. The van der Waals surface area contributed by atoms with Gasteiger partial charge in [-0.25, -0.2) is 19.4 Å². The van der Waals surface area contributed by atoms with Gasteiger partial charge in [-0.1, -0.05) is 30.0 Å². The minimum absolute atomic E-state index is 0.477. The van der Waals surface area contributed by atoms with Gasteiger partial charge in [-0.15, -0.1) is 0 Å². The lowest BCUT2D eigenvalue weighted by Gasteiger charge is -2.09. The van der Waals surface area contributed by atoms with Crippen LogP contribution in [0.4, 0.5) is 4.79 Å². The van der Waals surface area contributed by atoms with Crippen molar-refractivity contribution >= 4 is 34.7 Å². The summed E-state index contributed by atoms with van der Waals surface area (Å²) in [5, 5.41) is 7.20. The number of imide groups is 1. The minimum Gasteiger partial charge on any atom is -0.351 e. The van der Waals surface area contributed by atoms with Crippen LogP contribution < -0.4 is 11.1 Å². The van der Waals surface area contributed by atoms with Gasteiger partial charge in [-0.3, -0.25) is 10.1 Å². The van der Waals surface area contributed by atoms with Crippen molar-refractivity contribution in [3.8, 4) is 5.69 Å². The Bertz CT molecular complexity index is 895. The molecule has 122 valence electrons. The maximum absolute atomic E-state index is 11.8. The second kappa shape index (κ2) is 6.67. The molecule has 0 saturated heterocycles. The fourth-order valence-corrected chi connectivity index (χ4v) is 3.00. The zero-order chi connectivity index (χ0) is 17.1. The summed E-state index contributed by atoms with van der Waals surface area (Å²) in [6.07, 6.45) is 3.08. The summed E-state index contributed by atoms with van der Waals surface area (Å²) in [6.45, 7) is 1.67. The number of carbonyl (C=O) groups excluding carboxylic acids is 2. The second-order valence-corrected chi connectivity index (χ2v) is 6.25. The molecule has 0 aliphatic carbocycles. The number of nitrogens with one attached hydrogen (secondary N) is 1. The van der Waals surface area contributed by atoms with Crippen molar-refractivity contribution in [2.45, 2.75) is 17.2 Å². The quantitative estimate of drug-likeness (QED) is 0.548. The number of rotatable bonds is 4. The molecular weight excluding hydrogens is 328 g/mol. The van der Waals surface area contributed by atoms with Crippen molar-refractivity contribution in [3.05, 3.63) is 42.9 Å². The Morgan fingerprint density at radius 1 is 1.25 bits per heavy atom. The van der Waals surface area contributed by atoms with Gasteiger partial charge in [-0.05, 0) is 19.1 Å². The number of aromatic nitrogens is 4. The molecule has 0 aliphatic heterocycles. The summed E-state index contributed by atoms with van der Waals surface area (Å²) >= 11 is 1.21. The highest BCUT2D eigenvalue weighted by Crippen LogP contribution is 2.28. The van der Waals surface area contributed by atoms with Crippen molar-refractivity contribution in [3.63, 3.8) is 0 Å². The zero-order valence-electron chi connectivity index (χ0n) is 12.7. The summed E-state index contributed by atoms with van der Waals surface area (Å²) in [5.41, 5.74) is 6.48. The Hall–Kier alpha value is -2.94. The molecule has 2 heterocycles. The third kappa shape index (κ3) is 3.20. The summed E-state index contributed by atoms with van der Waals surface area (Å²) in [5.74, 6) is -0.477. The number of urea groups is 1. The van der Waals surface area contributed by atoms with Crippen LogP contribution in [0.2, 0.25) is 0 Å². The van der Waals surface area contributed by atoms with Crippen LogP contribution in [0.5, 0.6) is 0 Å². The number of hydrogen-bond donors (Lipinski definition) is 2. The summed E-state index contributed by atoms with van der Waals surface area (Å²) in [6, 6.07) is 8.71. The van der Waals surface area contributed by atoms with Crippen LogP contribution in [0.15, 0.2) is 47.9 Å². The van der Waals surface area contributed by atoms with Crippen LogP contribution in [-0.4, -0.2) is 36.9 Å². The maximum atomic E-state index is 11.8. The van der Waals surface area contributed by atoms with E-state index in [4.69, 9.17) is 5.73 Å². The van der Waals surface area contributed by atoms with Gasteiger partial charge < -0.3 is 5.73 Å². The van der Waals surface area contributed by atoms with E-state index in [0.29, 0.717) is 10.7 Å². The van der Waals surface area contributed by atoms with Gasteiger partial charge in [0.25, 0.3) is 0 Å². The standard InChI is InChI=1S/C15H14N6O2S/c1-9(13(22)20-15(16)23)24-14-11-7-19-21(12(11)17-8-18-14)10-5-3-2-4-6-10/h2-9H,1H3,(H3,16,20,22,23). The van der Waals surface area contributed by atoms with E-state index in [-0.39, 0.29) is 0 Å². The van der Waals surface area contributed by atoms with Crippen molar-refractivity contribution in [1.29, 1.82) is 0 Å². The first kappa shape index (κ1) is 15.9. The number of fused-ring (bicyclic) bond motifs is 1. The van der Waals surface area contributed by atoms with E-state index < -0.39 is 17.2 Å². The van der Waals surface area contributed by atoms with Gasteiger partial charge >= 0.3 is 6.03 Å². The molecule has 9 heteroatoms. The molecule has 3 rings (SSSR count). The fraction of sp³-hybridized carbons (Fsp3) is 0.133. The zero-order valence-corrected chi connectivity index (χ0v) is 13.5. The van der Waals surface area contributed by atoms with Crippen LogP contribution in [0.3, 0.4) is 0 Å². The lowest BCUT2D eigenvalue weighted by molar-refractivity contribution is -0.119. The van der Waals surface area contributed by atoms with Gasteiger partial charge in [-0.2, -0.15) is 5.10 Å². The monoisotopic (exact) mass is 342 g/mol. The van der Waals surface area contributed by atoms with Crippen LogP contribution in [0.25, 0.3) is 16.7 Å². The first-order valence-electron chi connectivity index (χ1n) is 7.07. The minimum atomic E-state index is -0.878. The summed E-state index contributed by atoms with van der Waals surface area (Å²) in [7, 11) is 0. The maximum Gasteiger partial charge on any atom is 0.318 e. The largest absolute Gasteiger partial charge is 0.351 e. The van der Waals surface area contributed by atoms with E-state index in [9.17, 15) is 9.59 Å². The molecule has 2 aromatic heterocycles. The predicted molar refractivity (Wildman–Crippen MR) is 89.7 cm³/mol. The van der Waals surface area contributed by atoms with Gasteiger partial charge in [0, 0.05) is 0 Å². The van der Waals surface area contributed by atoms with Crippen LogP contribution in [0, 0.1) is 0 Å². The number of primary amides is 1. The lowest BCUT2D eigenvalue weighted by Crippen LogP contribution is -2.39. The first-order valence-corrected chi connectivity index (χ1v) is 7.95. The highest BCUT2D eigenvalue weighted by molar-refractivity contribution is 8.00. The number of hydrogen-bond acceptors (Lipinski definition) is 6. The molecule has 1 atom stereocenters. The summed E-state index contributed by atoms with van der Waals surface area (Å²) < 4.78 is 1.70. The van der Waals surface area contributed by atoms with Gasteiger partial charge in [0.15, 0.2) is 5.65 Å². The molecule has 0 aliphatic rings. The molecule has 0 spiro atoms. The highest BCUT2D eigenvalue weighted by Gasteiger charge is 2.19. The third-order valence-electron chi connectivity index (χ3n) is 3.23. The third-order valence-corrected chi connectivity index (χ3v) is 4.35. The molecule has 3 N–H and O–H groups in total. The summed E-state index contributed by atoms with van der Waals surface area (Å²) in [4.78, 5) is 31.1. The van der Waals surface area contributed by atoms with Crippen molar-refractivity contribution < 1.29 is 9.59 Å². The number of benzene rings is 1. The molecule has 0 bridgehead atoms. The molecule has 0 radical (unpaired) electrons. The number of nitrogens with zero attached hydrogens (tertiary/aromatic N) is 4. The molecule has 0 fully saturated rings. The Labute approximate surface area is 141 Å². The molecule has 3 aromatic rings. The Morgan fingerprint density at radius 2 is 2.00 bits per heavy atom. The van der Waals surface area contributed by atoms with E-state index in [0.717, 1.165) is 11.1 Å². The lowest BCUT2D eigenvalue weighted by atomic mass is 10.3. The number of amides is 3. The van der Waals surface area contributed by atoms with Gasteiger partial charge in [0.2, 0.25) is 5.91 Å². The highest BCUT2D eigenvalue weighted by atomic mass is 32.2. The van der Waals surface area contributed by atoms with E-state index in [1.807, 2.05) is 30.3 Å². The van der Waals surface area contributed by atoms with Crippen LogP contribution in [0.1, 0.15) is 6.92 Å². The van der Waals surface area contributed by atoms with Crippen LogP contribution >= 0.6 is 11.8 Å². The Morgan fingerprint density at radius 3 is 2.71 bits per heavy atom. The van der Waals surface area contributed by atoms with E-state index in [1.165, 1.54) is 18.1 Å². The predicted octanol–water partition coefficient (Wildman–Crippen LogP) is 1.49. The molecular formula is C15H14N6O2S. The normalized spacial score (nSPS) is 12.0. The number of para-hydroxylation sites is 1. The van der Waals surface area contributed by atoms with E-state index in [1.54, 1.807) is 17.8 Å². The first-order chi connectivity index (χ1) is 11.6. The Balaban J connectivity index is 1.92. The average molecular weight is 342 g/mol. The van der Waals surface area contributed by atoms with Gasteiger partial charge in [0.05, 0.1) is 22.5 Å². The number of thioether (sulfide) groups is 1. The number of nitrogens with two attached hydrogens (primary N) is 1. The second-order valence-electron chi connectivity index (χ2n) is 4.92. The fourth-order valence-electron chi connectivity index (χ4n) is 2.12. The van der Waals surface area contributed by atoms with E-state index >= 15 is 0 Å². The molecule has 1 unspecified atom stereocenters. The molecule has 3 amide bonds. The SMILES string of the molecule is CC(Sc1ncnc2c1cnn2-c1ccccc1)C(=O)NC(N)=O. The van der Waals surface area contributed by atoms with Crippen molar-refractivity contribution in [1.82, 2.24) is 25.1 Å². The molecule has 1 aromatic carbocycles.